The Morgan fingerprint density at radius 3 is 2.96 bits per heavy atom. The Bertz CT molecular complexity index is 1210. The van der Waals surface area contributed by atoms with Crippen molar-refractivity contribution < 1.29 is 0 Å². The van der Waals surface area contributed by atoms with Crippen LogP contribution in [0.15, 0.2) is 41.7 Å². The van der Waals surface area contributed by atoms with Crippen molar-refractivity contribution in [1.82, 2.24) is 34.1 Å². The normalized spacial score (nSPS) is 12.0. The van der Waals surface area contributed by atoms with Gasteiger partial charge < -0.3 is 11.1 Å². The molecule has 11 nitrogen and oxygen atoms in total. The fourth-order valence-electron chi connectivity index (χ4n) is 2.78. The third-order valence-electron chi connectivity index (χ3n) is 4.04. The van der Waals surface area contributed by atoms with Crippen LogP contribution in [0.4, 0.5) is 11.6 Å². The van der Waals surface area contributed by atoms with Gasteiger partial charge in [0, 0.05) is 12.3 Å². The number of fused-ring (bicyclic) bond motifs is 1. The van der Waals surface area contributed by atoms with E-state index in [4.69, 9.17) is 5.73 Å². The van der Waals surface area contributed by atoms with Crippen molar-refractivity contribution in [2.45, 2.75) is 13.0 Å². The highest BCUT2D eigenvalue weighted by Crippen LogP contribution is 2.22. The van der Waals surface area contributed by atoms with Gasteiger partial charge in [-0.2, -0.15) is 10.4 Å². The van der Waals surface area contributed by atoms with Gasteiger partial charge in [-0.05, 0) is 19.1 Å². The zero-order chi connectivity index (χ0) is 19.0. The maximum atomic E-state index is 13.0. The van der Waals surface area contributed by atoms with E-state index in [1.807, 2.05) is 6.07 Å². The fourth-order valence-corrected chi connectivity index (χ4v) is 2.78. The zero-order valence-electron chi connectivity index (χ0n) is 14.2. The molecule has 0 amide bonds. The number of hydrogen-bond donors (Lipinski definition) is 3. The molecule has 4 heterocycles. The standard InChI is InChI=1S/C16H14N10O/c1-9(22-14-10(7-17)13(18)19-8-20-14)15-23-11-3-2-6-25(11)16(27)26(15)12-4-5-21-24-12/h2-6,8-9H,1H3,(H,21,24)(H3,18,19,20,22). The SMILES string of the molecule is CC(Nc1ncnc(N)c1C#N)c1nc2cccn2c(=O)n1-c1ccn[nH]1. The summed E-state index contributed by atoms with van der Waals surface area (Å²) in [5, 5.41) is 19.1. The number of nitrogens with two attached hydrogens (primary N) is 1. The largest absolute Gasteiger partial charge is 0.382 e. The van der Waals surface area contributed by atoms with Crippen LogP contribution in [0.5, 0.6) is 0 Å². The van der Waals surface area contributed by atoms with E-state index >= 15 is 0 Å². The molecule has 0 aliphatic heterocycles. The van der Waals surface area contributed by atoms with Crippen LogP contribution in [-0.2, 0) is 0 Å². The summed E-state index contributed by atoms with van der Waals surface area (Å²) in [4.78, 5) is 25.4. The molecule has 4 aromatic heterocycles. The molecule has 0 bridgehead atoms. The number of nitrogens with one attached hydrogen (secondary N) is 2. The summed E-state index contributed by atoms with van der Waals surface area (Å²) >= 11 is 0. The molecule has 0 saturated carbocycles. The van der Waals surface area contributed by atoms with E-state index < -0.39 is 6.04 Å². The molecular weight excluding hydrogens is 348 g/mol. The lowest BCUT2D eigenvalue weighted by Crippen LogP contribution is -2.31. The minimum absolute atomic E-state index is 0.0724. The minimum Gasteiger partial charge on any atom is -0.382 e. The average molecular weight is 362 g/mol. The summed E-state index contributed by atoms with van der Waals surface area (Å²) in [6.45, 7) is 1.80. The van der Waals surface area contributed by atoms with E-state index in [2.05, 4.69) is 30.5 Å². The van der Waals surface area contributed by atoms with Gasteiger partial charge in [0.25, 0.3) is 0 Å². The predicted octanol–water partition coefficient (Wildman–Crippen LogP) is 0.625. The van der Waals surface area contributed by atoms with Crippen molar-refractivity contribution >= 4 is 17.3 Å². The second-order valence-corrected chi connectivity index (χ2v) is 5.73. The van der Waals surface area contributed by atoms with Crippen molar-refractivity contribution in [1.29, 1.82) is 5.26 Å². The molecule has 0 aliphatic rings. The first-order valence-corrected chi connectivity index (χ1v) is 7.97. The van der Waals surface area contributed by atoms with E-state index in [1.165, 1.54) is 15.3 Å². The van der Waals surface area contributed by atoms with Crippen LogP contribution in [0.3, 0.4) is 0 Å². The highest BCUT2D eigenvalue weighted by atomic mass is 16.1. The monoisotopic (exact) mass is 362 g/mol. The van der Waals surface area contributed by atoms with E-state index in [0.717, 1.165) is 0 Å². The topological polar surface area (TPSA) is 156 Å². The minimum atomic E-state index is -0.484. The summed E-state index contributed by atoms with van der Waals surface area (Å²) in [5.41, 5.74) is 6.06. The molecule has 0 spiro atoms. The summed E-state index contributed by atoms with van der Waals surface area (Å²) in [7, 11) is 0. The fraction of sp³-hybridized carbons (Fsp3) is 0.125. The van der Waals surface area contributed by atoms with Crippen LogP contribution in [0.1, 0.15) is 24.4 Å². The van der Waals surface area contributed by atoms with Gasteiger partial charge in [0.15, 0.2) is 0 Å². The average Bonchev–Trinajstić information content (AvgIpc) is 3.33. The zero-order valence-corrected chi connectivity index (χ0v) is 14.2. The number of aromatic amines is 1. The van der Waals surface area contributed by atoms with Gasteiger partial charge in [-0.1, -0.05) is 0 Å². The Morgan fingerprint density at radius 2 is 2.22 bits per heavy atom. The Hall–Kier alpha value is -4.20. The molecule has 4 N–H and O–H groups in total. The maximum Gasteiger partial charge on any atom is 0.341 e. The first-order chi connectivity index (χ1) is 13.1. The summed E-state index contributed by atoms with van der Waals surface area (Å²) in [6, 6.07) is 6.63. The van der Waals surface area contributed by atoms with E-state index in [-0.39, 0.29) is 22.9 Å². The summed E-state index contributed by atoms with van der Waals surface area (Å²) in [6.07, 6.45) is 4.44. The van der Waals surface area contributed by atoms with Crippen LogP contribution in [-0.4, -0.2) is 34.1 Å². The Balaban J connectivity index is 1.86. The van der Waals surface area contributed by atoms with E-state index in [0.29, 0.717) is 17.3 Å². The van der Waals surface area contributed by atoms with Gasteiger partial charge in [-0.15, -0.1) is 0 Å². The molecule has 27 heavy (non-hydrogen) atoms. The molecule has 11 heteroatoms. The number of nitrogen functional groups attached to an aromatic ring is 1. The van der Waals surface area contributed by atoms with Crippen molar-refractivity contribution in [2.24, 2.45) is 0 Å². The van der Waals surface area contributed by atoms with Gasteiger partial charge >= 0.3 is 5.69 Å². The molecule has 134 valence electrons. The van der Waals surface area contributed by atoms with Crippen LogP contribution < -0.4 is 16.7 Å². The maximum absolute atomic E-state index is 13.0. The third-order valence-corrected chi connectivity index (χ3v) is 4.04. The molecule has 0 saturated heterocycles. The quantitative estimate of drug-likeness (QED) is 0.477. The van der Waals surface area contributed by atoms with Crippen LogP contribution in [0.2, 0.25) is 0 Å². The van der Waals surface area contributed by atoms with Crippen LogP contribution in [0, 0.1) is 11.3 Å². The molecule has 0 aliphatic carbocycles. The number of nitrogens with zero attached hydrogens (tertiary/aromatic N) is 7. The second kappa shape index (κ2) is 6.26. The van der Waals surface area contributed by atoms with Crippen molar-refractivity contribution in [2.75, 3.05) is 11.1 Å². The molecule has 4 rings (SSSR count). The molecular formula is C16H14N10O. The molecule has 4 aromatic rings. The number of anilines is 2. The second-order valence-electron chi connectivity index (χ2n) is 5.73. The Labute approximate surface area is 152 Å². The van der Waals surface area contributed by atoms with Gasteiger partial charge in [0.1, 0.15) is 46.9 Å². The van der Waals surface area contributed by atoms with Crippen LogP contribution >= 0.6 is 0 Å². The lowest BCUT2D eigenvalue weighted by atomic mass is 10.2. The Kier molecular flexibility index (Phi) is 3.78. The number of aromatic nitrogens is 7. The van der Waals surface area contributed by atoms with Crippen molar-refractivity contribution in [3.63, 3.8) is 0 Å². The summed E-state index contributed by atoms with van der Waals surface area (Å²) in [5.74, 6) is 1.22. The predicted molar refractivity (Wildman–Crippen MR) is 96.1 cm³/mol. The number of nitriles is 1. The molecule has 1 atom stereocenters. The number of hydrogen-bond acceptors (Lipinski definition) is 8. The van der Waals surface area contributed by atoms with E-state index in [1.54, 1.807) is 37.5 Å². The molecule has 0 aromatic carbocycles. The lowest BCUT2D eigenvalue weighted by molar-refractivity contribution is 0.683. The third kappa shape index (κ3) is 2.65. The van der Waals surface area contributed by atoms with Crippen LogP contribution in [0.25, 0.3) is 11.5 Å². The first-order valence-electron chi connectivity index (χ1n) is 7.97. The van der Waals surface area contributed by atoms with Gasteiger partial charge in [0.2, 0.25) is 0 Å². The first kappa shape index (κ1) is 16.3. The van der Waals surface area contributed by atoms with E-state index in [9.17, 15) is 10.1 Å². The number of H-pyrrole nitrogens is 1. The molecule has 1 unspecified atom stereocenters. The highest BCUT2D eigenvalue weighted by molar-refractivity contribution is 5.62. The Morgan fingerprint density at radius 1 is 1.37 bits per heavy atom. The van der Waals surface area contributed by atoms with Gasteiger partial charge in [0.05, 0.1) is 12.2 Å². The van der Waals surface area contributed by atoms with Gasteiger partial charge in [-0.3, -0.25) is 9.50 Å². The van der Waals surface area contributed by atoms with Crippen molar-refractivity contribution in [3.05, 3.63) is 58.8 Å². The highest BCUT2D eigenvalue weighted by Gasteiger charge is 2.20. The van der Waals surface area contributed by atoms with Gasteiger partial charge in [-0.25, -0.2) is 24.3 Å². The number of rotatable bonds is 4. The lowest BCUT2D eigenvalue weighted by Gasteiger charge is -2.19. The molecule has 0 radical (unpaired) electrons. The summed E-state index contributed by atoms with van der Waals surface area (Å²) < 4.78 is 2.84. The smallest absolute Gasteiger partial charge is 0.341 e. The molecule has 0 fully saturated rings. The van der Waals surface area contributed by atoms with Crippen molar-refractivity contribution in [3.8, 4) is 11.9 Å².